The number of hydrogen-bond acceptors (Lipinski definition) is 6. The average Bonchev–Trinajstić information content (AvgIpc) is 2.68. The topological polar surface area (TPSA) is 83.9 Å². The van der Waals surface area contributed by atoms with Gasteiger partial charge >= 0.3 is 0 Å². The summed E-state index contributed by atoms with van der Waals surface area (Å²) in [6.45, 7) is 3.49. The first kappa shape index (κ1) is 16.4. The van der Waals surface area contributed by atoms with Gasteiger partial charge < -0.3 is 10.2 Å². The molecule has 3 aromatic heterocycles. The molecule has 1 N–H and O–H groups in total. The third-order valence-corrected chi connectivity index (χ3v) is 4.65. The zero-order valence-electron chi connectivity index (χ0n) is 14.6. The van der Waals surface area contributed by atoms with E-state index in [4.69, 9.17) is 0 Å². The van der Waals surface area contributed by atoms with Crippen molar-refractivity contribution in [1.29, 1.82) is 0 Å². The van der Waals surface area contributed by atoms with E-state index in [0.717, 1.165) is 43.0 Å². The quantitative estimate of drug-likeness (QED) is 0.783. The molecule has 0 spiro atoms. The largest absolute Gasteiger partial charge is 0.356 e. The van der Waals surface area contributed by atoms with Crippen LogP contribution in [0.3, 0.4) is 0 Å². The van der Waals surface area contributed by atoms with E-state index >= 15 is 0 Å². The Labute approximate surface area is 151 Å². The maximum atomic E-state index is 12.5. The zero-order chi connectivity index (χ0) is 17.9. The van der Waals surface area contributed by atoms with Gasteiger partial charge in [0, 0.05) is 37.1 Å². The fraction of sp³-hybridized carbons (Fsp3) is 0.316. The highest BCUT2D eigenvalue weighted by Gasteiger charge is 2.26. The summed E-state index contributed by atoms with van der Waals surface area (Å²) < 4.78 is 0. The van der Waals surface area contributed by atoms with E-state index in [0.29, 0.717) is 11.5 Å². The second-order valence-corrected chi connectivity index (χ2v) is 6.48. The molecular weight excluding hydrogens is 328 g/mol. The molecule has 26 heavy (non-hydrogen) atoms. The SMILES string of the molecule is Cc1cccc(NC(=O)C2CCN(c3ccc4nccnc4n3)CC2)n1. The fourth-order valence-electron chi connectivity index (χ4n) is 3.23. The van der Waals surface area contributed by atoms with E-state index < -0.39 is 0 Å². The number of piperidine rings is 1. The van der Waals surface area contributed by atoms with E-state index in [2.05, 4.69) is 30.2 Å². The summed E-state index contributed by atoms with van der Waals surface area (Å²) >= 11 is 0. The molecular formula is C19H20N6O. The molecule has 7 heteroatoms. The summed E-state index contributed by atoms with van der Waals surface area (Å²) in [4.78, 5) is 32.1. The van der Waals surface area contributed by atoms with E-state index in [9.17, 15) is 4.79 Å². The van der Waals surface area contributed by atoms with Crippen molar-refractivity contribution in [2.24, 2.45) is 5.92 Å². The van der Waals surface area contributed by atoms with E-state index in [1.165, 1.54) is 0 Å². The smallest absolute Gasteiger partial charge is 0.228 e. The molecule has 0 unspecified atom stereocenters. The molecule has 0 radical (unpaired) electrons. The minimum Gasteiger partial charge on any atom is -0.356 e. The van der Waals surface area contributed by atoms with Crippen LogP contribution in [0.1, 0.15) is 18.5 Å². The summed E-state index contributed by atoms with van der Waals surface area (Å²) in [6.07, 6.45) is 4.89. The fourth-order valence-corrected chi connectivity index (χ4v) is 3.23. The molecule has 1 fully saturated rings. The van der Waals surface area contributed by atoms with Crippen LogP contribution in [-0.2, 0) is 4.79 Å². The van der Waals surface area contributed by atoms with Gasteiger partial charge in [0.15, 0.2) is 5.65 Å². The number of amides is 1. The molecule has 0 saturated carbocycles. The number of anilines is 2. The predicted molar refractivity (Wildman–Crippen MR) is 99.9 cm³/mol. The Bertz CT molecular complexity index is 936. The molecule has 0 aliphatic carbocycles. The number of nitrogens with zero attached hydrogens (tertiary/aromatic N) is 5. The predicted octanol–water partition coefficient (Wildman–Crippen LogP) is 2.58. The van der Waals surface area contributed by atoms with Crippen LogP contribution in [0.25, 0.3) is 11.2 Å². The standard InChI is InChI=1S/C19H20N6O/c1-13-3-2-4-16(22-13)23-19(26)14-7-11-25(12-8-14)17-6-5-15-18(24-17)21-10-9-20-15/h2-6,9-10,14H,7-8,11-12H2,1H3,(H,22,23,26). The normalized spacial score (nSPS) is 15.2. The summed E-state index contributed by atoms with van der Waals surface area (Å²) in [6, 6.07) is 9.53. The summed E-state index contributed by atoms with van der Waals surface area (Å²) in [5, 5.41) is 2.93. The van der Waals surface area contributed by atoms with Crippen molar-refractivity contribution < 1.29 is 4.79 Å². The first-order valence-electron chi connectivity index (χ1n) is 8.76. The lowest BCUT2D eigenvalue weighted by Crippen LogP contribution is -2.38. The molecule has 132 valence electrons. The van der Waals surface area contributed by atoms with Gasteiger partial charge in [-0.2, -0.15) is 0 Å². The lowest BCUT2D eigenvalue weighted by Gasteiger charge is -2.32. The van der Waals surface area contributed by atoms with E-state index in [1.807, 2.05) is 37.3 Å². The second kappa shape index (κ2) is 7.03. The van der Waals surface area contributed by atoms with Gasteiger partial charge in [0.2, 0.25) is 5.91 Å². The van der Waals surface area contributed by atoms with Gasteiger partial charge in [0.25, 0.3) is 0 Å². The molecule has 0 bridgehead atoms. The highest BCUT2D eigenvalue weighted by Crippen LogP contribution is 2.24. The minimum atomic E-state index is -0.00573. The van der Waals surface area contributed by atoms with Gasteiger partial charge in [-0.1, -0.05) is 6.07 Å². The number of nitrogens with one attached hydrogen (secondary N) is 1. The van der Waals surface area contributed by atoms with Crippen LogP contribution in [0, 0.1) is 12.8 Å². The van der Waals surface area contributed by atoms with Crippen LogP contribution >= 0.6 is 0 Å². The van der Waals surface area contributed by atoms with Crippen molar-refractivity contribution >= 4 is 28.7 Å². The monoisotopic (exact) mass is 348 g/mol. The highest BCUT2D eigenvalue weighted by atomic mass is 16.1. The van der Waals surface area contributed by atoms with Crippen molar-refractivity contribution in [2.45, 2.75) is 19.8 Å². The van der Waals surface area contributed by atoms with E-state index in [1.54, 1.807) is 12.4 Å². The third kappa shape index (κ3) is 3.46. The van der Waals surface area contributed by atoms with Crippen LogP contribution < -0.4 is 10.2 Å². The number of fused-ring (bicyclic) bond motifs is 1. The maximum Gasteiger partial charge on any atom is 0.228 e. The highest BCUT2D eigenvalue weighted by molar-refractivity contribution is 5.91. The number of pyridine rings is 2. The summed E-state index contributed by atoms with van der Waals surface area (Å²) in [7, 11) is 0. The Hall–Kier alpha value is -3.09. The Morgan fingerprint density at radius 3 is 2.69 bits per heavy atom. The Morgan fingerprint density at radius 2 is 1.88 bits per heavy atom. The van der Waals surface area contributed by atoms with Crippen LogP contribution in [0.15, 0.2) is 42.7 Å². The number of hydrogen-bond donors (Lipinski definition) is 1. The van der Waals surface area contributed by atoms with Gasteiger partial charge in [-0.3, -0.25) is 9.78 Å². The maximum absolute atomic E-state index is 12.5. The molecule has 4 heterocycles. The molecule has 1 saturated heterocycles. The Balaban J connectivity index is 1.39. The van der Waals surface area contributed by atoms with Crippen molar-refractivity contribution in [3.63, 3.8) is 0 Å². The van der Waals surface area contributed by atoms with Crippen molar-refractivity contribution in [3.05, 3.63) is 48.4 Å². The number of carbonyl (C=O) groups is 1. The first-order valence-corrected chi connectivity index (χ1v) is 8.76. The van der Waals surface area contributed by atoms with Gasteiger partial charge in [0.05, 0.1) is 0 Å². The van der Waals surface area contributed by atoms with Gasteiger partial charge in [0.1, 0.15) is 17.2 Å². The van der Waals surface area contributed by atoms with Gasteiger partial charge in [-0.05, 0) is 44.0 Å². The summed E-state index contributed by atoms with van der Waals surface area (Å²) in [5.74, 6) is 1.54. The molecule has 1 aliphatic rings. The summed E-state index contributed by atoms with van der Waals surface area (Å²) in [5.41, 5.74) is 2.33. The molecule has 4 rings (SSSR count). The zero-order valence-corrected chi connectivity index (χ0v) is 14.6. The Morgan fingerprint density at radius 1 is 1.08 bits per heavy atom. The van der Waals surface area contributed by atoms with Crippen molar-refractivity contribution in [2.75, 3.05) is 23.3 Å². The van der Waals surface area contributed by atoms with Crippen LogP contribution in [0.4, 0.5) is 11.6 Å². The molecule has 0 atom stereocenters. The van der Waals surface area contributed by atoms with Crippen LogP contribution in [-0.4, -0.2) is 38.9 Å². The van der Waals surface area contributed by atoms with Gasteiger partial charge in [-0.15, -0.1) is 0 Å². The second-order valence-electron chi connectivity index (χ2n) is 6.48. The molecule has 0 aromatic carbocycles. The Kier molecular flexibility index (Phi) is 4.43. The van der Waals surface area contributed by atoms with Crippen molar-refractivity contribution in [1.82, 2.24) is 19.9 Å². The number of rotatable bonds is 3. The molecule has 3 aromatic rings. The first-order chi connectivity index (χ1) is 12.7. The minimum absolute atomic E-state index is 0.00573. The molecule has 7 nitrogen and oxygen atoms in total. The average molecular weight is 348 g/mol. The van der Waals surface area contributed by atoms with Crippen LogP contribution in [0.2, 0.25) is 0 Å². The van der Waals surface area contributed by atoms with Gasteiger partial charge in [-0.25, -0.2) is 15.0 Å². The molecule has 1 amide bonds. The number of aromatic nitrogens is 4. The third-order valence-electron chi connectivity index (χ3n) is 4.65. The van der Waals surface area contributed by atoms with Crippen molar-refractivity contribution in [3.8, 4) is 0 Å². The number of carbonyl (C=O) groups excluding carboxylic acids is 1. The van der Waals surface area contributed by atoms with E-state index in [-0.39, 0.29) is 11.8 Å². The lowest BCUT2D eigenvalue weighted by molar-refractivity contribution is -0.120. The molecule has 1 aliphatic heterocycles. The lowest BCUT2D eigenvalue weighted by atomic mass is 9.96. The number of aryl methyl sites for hydroxylation is 1. The van der Waals surface area contributed by atoms with Crippen LogP contribution in [0.5, 0.6) is 0 Å².